The second kappa shape index (κ2) is 5.17. The second-order valence-corrected chi connectivity index (χ2v) is 5.08. The number of aliphatic hydroxyl groups excluding tert-OH is 1. The van der Waals surface area contributed by atoms with Crippen molar-refractivity contribution in [2.24, 2.45) is 0 Å². The van der Waals surface area contributed by atoms with Gasteiger partial charge in [0.15, 0.2) is 0 Å². The van der Waals surface area contributed by atoms with Gasteiger partial charge in [0.05, 0.1) is 0 Å². The molecule has 0 bridgehead atoms. The molecule has 0 saturated heterocycles. The predicted octanol–water partition coefficient (Wildman–Crippen LogP) is 4.03. The molecule has 1 unspecified atom stereocenters. The summed E-state index contributed by atoms with van der Waals surface area (Å²) in [5.74, 6) is 0. The molecular formula is C13H10ClIO. The Morgan fingerprint density at radius 2 is 1.81 bits per heavy atom. The van der Waals surface area contributed by atoms with Gasteiger partial charge in [-0.2, -0.15) is 0 Å². The molecule has 0 aliphatic carbocycles. The fourth-order valence-electron chi connectivity index (χ4n) is 1.55. The van der Waals surface area contributed by atoms with Gasteiger partial charge in [-0.1, -0.05) is 41.9 Å². The molecule has 0 aromatic heterocycles. The molecule has 82 valence electrons. The van der Waals surface area contributed by atoms with Crippen LogP contribution in [0.2, 0.25) is 5.02 Å². The largest absolute Gasteiger partial charge is 0.384 e. The van der Waals surface area contributed by atoms with E-state index in [1.54, 1.807) is 12.1 Å². The summed E-state index contributed by atoms with van der Waals surface area (Å²) in [7, 11) is 0. The molecule has 0 heterocycles. The summed E-state index contributed by atoms with van der Waals surface area (Å²) in [6.07, 6.45) is -0.619. The molecule has 0 fully saturated rings. The third-order valence-electron chi connectivity index (χ3n) is 2.36. The molecule has 3 heteroatoms. The van der Waals surface area contributed by atoms with Crippen molar-refractivity contribution in [3.8, 4) is 0 Å². The maximum absolute atomic E-state index is 10.2. The number of hydrogen-bond acceptors (Lipinski definition) is 1. The number of halogens is 2. The van der Waals surface area contributed by atoms with Gasteiger partial charge in [-0.05, 0) is 51.9 Å². The van der Waals surface area contributed by atoms with Gasteiger partial charge in [0.2, 0.25) is 0 Å². The van der Waals surface area contributed by atoms with E-state index < -0.39 is 6.10 Å². The molecule has 0 aliphatic heterocycles. The van der Waals surface area contributed by atoms with E-state index >= 15 is 0 Å². The molecule has 2 aromatic rings. The van der Waals surface area contributed by atoms with Gasteiger partial charge in [-0.15, -0.1) is 0 Å². The van der Waals surface area contributed by atoms with Crippen LogP contribution in [-0.2, 0) is 0 Å². The summed E-state index contributed by atoms with van der Waals surface area (Å²) in [5.41, 5.74) is 1.72. The minimum Gasteiger partial charge on any atom is -0.384 e. The Bertz CT molecular complexity index is 499. The number of hydrogen-bond donors (Lipinski definition) is 1. The summed E-state index contributed by atoms with van der Waals surface area (Å²) >= 11 is 8.12. The summed E-state index contributed by atoms with van der Waals surface area (Å²) in [6.45, 7) is 0. The molecule has 0 aliphatic rings. The predicted molar refractivity (Wildman–Crippen MR) is 74.7 cm³/mol. The smallest absolute Gasteiger partial charge is 0.105 e. The maximum atomic E-state index is 10.2. The van der Waals surface area contributed by atoms with Crippen LogP contribution in [0.25, 0.3) is 0 Å². The zero-order valence-corrected chi connectivity index (χ0v) is 11.3. The van der Waals surface area contributed by atoms with E-state index in [0.717, 1.165) is 14.7 Å². The third kappa shape index (κ3) is 2.56. The van der Waals surface area contributed by atoms with Crippen LogP contribution >= 0.6 is 34.2 Å². The molecule has 1 atom stereocenters. The molecule has 16 heavy (non-hydrogen) atoms. The van der Waals surface area contributed by atoms with Gasteiger partial charge in [-0.3, -0.25) is 0 Å². The van der Waals surface area contributed by atoms with Crippen molar-refractivity contribution in [1.82, 2.24) is 0 Å². The van der Waals surface area contributed by atoms with Crippen molar-refractivity contribution in [3.05, 3.63) is 68.3 Å². The van der Waals surface area contributed by atoms with E-state index in [2.05, 4.69) is 22.6 Å². The Kier molecular flexibility index (Phi) is 3.84. The van der Waals surface area contributed by atoms with Gasteiger partial charge < -0.3 is 5.11 Å². The SMILES string of the molecule is OC(c1cccc(Cl)c1)c1ccccc1I. The van der Waals surface area contributed by atoms with Crippen molar-refractivity contribution in [3.63, 3.8) is 0 Å². The van der Waals surface area contributed by atoms with Crippen molar-refractivity contribution in [1.29, 1.82) is 0 Å². The number of rotatable bonds is 2. The molecule has 0 radical (unpaired) electrons. The lowest BCUT2D eigenvalue weighted by Gasteiger charge is -2.13. The van der Waals surface area contributed by atoms with Crippen molar-refractivity contribution in [2.75, 3.05) is 0 Å². The molecule has 0 spiro atoms. The average Bonchev–Trinajstić information content (AvgIpc) is 2.29. The Morgan fingerprint density at radius 1 is 1.06 bits per heavy atom. The van der Waals surface area contributed by atoms with Crippen molar-refractivity contribution in [2.45, 2.75) is 6.10 Å². The van der Waals surface area contributed by atoms with Crippen molar-refractivity contribution >= 4 is 34.2 Å². The highest BCUT2D eigenvalue weighted by Gasteiger charge is 2.12. The van der Waals surface area contributed by atoms with Crippen LogP contribution in [0, 0.1) is 3.57 Å². The standard InChI is InChI=1S/C13H10ClIO/c14-10-5-3-4-9(8-10)13(16)11-6-1-2-7-12(11)15/h1-8,13,16H. The Hall–Kier alpha value is -0.580. The number of aliphatic hydroxyl groups is 1. The minimum atomic E-state index is -0.619. The third-order valence-corrected chi connectivity index (χ3v) is 3.58. The van der Waals surface area contributed by atoms with E-state index in [9.17, 15) is 5.11 Å². The molecule has 1 nitrogen and oxygen atoms in total. The van der Waals surface area contributed by atoms with Crippen LogP contribution in [0.15, 0.2) is 48.5 Å². The van der Waals surface area contributed by atoms with Gasteiger partial charge in [0, 0.05) is 8.59 Å². The minimum absolute atomic E-state index is 0.619. The second-order valence-electron chi connectivity index (χ2n) is 3.48. The van der Waals surface area contributed by atoms with Crippen LogP contribution in [0.1, 0.15) is 17.2 Å². The Balaban J connectivity index is 2.39. The molecule has 0 amide bonds. The first-order valence-corrected chi connectivity index (χ1v) is 6.32. The lowest BCUT2D eigenvalue weighted by Crippen LogP contribution is -2.01. The van der Waals surface area contributed by atoms with Gasteiger partial charge in [0.25, 0.3) is 0 Å². The van der Waals surface area contributed by atoms with Crippen LogP contribution in [0.4, 0.5) is 0 Å². The lowest BCUT2D eigenvalue weighted by atomic mass is 10.0. The van der Waals surface area contributed by atoms with Crippen LogP contribution in [0.5, 0.6) is 0 Å². The Labute approximate surface area is 113 Å². The molecule has 1 N–H and O–H groups in total. The summed E-state index contributed by atoms with van der Waals surface area (Å²) < 4.78 is 1.05. The number of benzene rings is 2. The Morgan fingerprint density at radius 3 is 2.50 bits per heavy atom. The van der Waals surface area contributed by atoms with E-state index in [-0.39, 0.29) is 0 Å². The van der Waals surface area contributed by atoms with Gasteiger partial charge >= 0.3 is 0 Å². The van der Waals surface area contributed by atoms with Crippen LogP contribution < -0.4 is 0 Å². The maximum Gasteiger partial charge on any atom is 0.105 e. The van der Waals surface area contributed by atoms with E-state index in [1.165, 1.54) is 0 Å². The first-order chi connectivity index (χ1) is 7.68. The van der Waals surface area contributed by atoms with E-state index in [1.807, 2.05) is 36.4 Å². The zero-order chi connectivity index (χ0) is 11.5. The first kappa shape index (κ1) is 11.9. The fourth-order valence-corrected chi connectivity index (χ4v) is 2.43. The van der Waals surface area contributed by atoms with Crippen molar-refractivity contribution < 1.29 is 5.11 Å². The summed E-state index contributed by atoms with van der Waals surface area (Å²) in [6, 6.07) is 15.1. The normalized spacial score (nSPS) is 12.4. The quantitative estimate of drug-likeness (QED) is 0.816. The molecule has 2 rings (SSSR count). The summed E-state index contributed by atoms with van der Waals surface area (Å²) in [4.78, 5) is 0. The van der Waals surface area contributed by atoms with Crippen LogP contribution in [-0.4, -0.2) is 5.11 Å². The highest BCUT2D eigenvalue weighted by atomic mass is 127. The first-order valence-electron chi connectivity index (χ1n) is 4.86. The molecule has 2 aromatic carbocycles. The molecule has 0 saturated carbocycles. The fraction of sp³-hybridized carbons (Fsp3) is 0.0769. The van der Waals surface area contributed by atoms with E-state index in [4.69, 9.17) is 11.6 Å². The topological polar surface area (TPSA) is 20.2 Å². The van der Waals surface area contributed by atoms with Gasteiger partial charge in [0.1, 0.15) is 6.10 Å². The lowest BCUT2D eigenvalue weighted by molar-refractivity contribution is 0.219. The molecular weight excluding hydrogens is 334 g/mol. The average molecular weight is 345 g/mol. The monoisotopic (exact) mass is 344 g/mol. The summed E-state index contributed by atoms with van der Waals surface area (Å²) in [5, 5.41) is 10.9. The zero-order valence-electron chi connectivity index (χ0n) is 8.40. The van der Waals surface area contributed by atoms with Gasteiger partial charge in [-0.25, -0.2) is 0 Å². The van der Waals surface area contributed by atoms with E-state index in [0.29, 0.717) is 5.02 Å². The highest BCUT2D eigenvalue weighted by Crippen LogP contribution is 2.27. The highest BCUT2D eigenvalue weighted by molar-refractivity contribution is 14.1. The van der Waals surface area contributed by atoms with Crippen LogP contribution in [0.3, 0.4) is 0 Å².